The molecule has 34 heavy (non-hydrogen) atoms. The van der Waals surface area contributed by atoms with Crippen molar-refractivity contribution in [1.29, 1.82) is 0 Å². The first-order chi connectivity index (χ1) is 16.6. The molecule has 2 N–H and O–H groups in total. The Morgan fingerprint density at radius 2 is 1.76 bits per heavy atom. The van der Waals surface area contributed by atoms with Crippen molar-refractivity contribution in [3.63, 3.8) is 0 Å². The molecule has 4 rings (SSSR count). The maximum atomic E-state index is 5.46. The number of morpholine rings is 1. The van der Waals surface area contributed by atoms with Crippen LogP contribution in [0.5, 0.6) is 11.5 Å². The van der Waals surface area contributed by atoms with E-state index >= 15 is 0 Å². The third-order valence-electron chi connectivity index (χ3n) is 5.07. The molecule has 0 aliphatic carbocycles. The van der Waals surface area contributed by atoms with Crippen LogP contribution < -0.4 is 25.1 Å². The van der Waals surface area contributed by atoms with Crippen LogP contribution in [0.15, 0.2) is 46.0 Å². The SMILES string of the molecule is COc1ccc(/C=N\Nc2nc(Nc3ccc(C)cc3Br)nc(N3CCOCC3)n2)cc1OC. The van der Waals surface area contributed by atoms with Crippen molar-refractivity contribution in [1.82, 2.24) is 15.0 Å². The first-order valence-corrected chi connectivity index (χ1v) is 11.5. The lowest BCUT2D eigenvalue weighted by atomic mass is 10.2. The molecular weight excluding hydrogens is 502 g/mol. The van der Waals surface area contributed by atoms with Crippen molar-refractivity contribution in [2.45, 2.75) is 6.92 Å². The maximum Gasteiger partial charge on any atom is 0.250 e. The number of aryl methyl sites for hydroxylation is 1. The molecule has 1 aliphatic heterocycles. The van der Waals surface area contributed by atoms with E-state index in [0.29, 0.717) is 55.6 Å². The number of rotatable bonds is 8. The Hall–Kier alpha value is -3.44. The van der Waals surface area contributed by atoms with Crippen LogP contribution in [-0.4, -0.2) is 61.7 Å². The van der Waals surface area contributed by atoms with Gasteiger partial charge in [-0.15, -0.1) is 0 Å². The van der Waals surface area contributed by atoms with E-state index in [4.69, 9.17) is 14.2 Å². The van der Waals surface area contributed by atoms with E-state index in [9.17, 15) is 0 Å². The predicted octanol–water partition coefficient (Wildman–Crippen LogP) is 3.99. The molecule has 0 amide bonds. The molecule has 0 saturated carbocycles. The van der Waals surface area contributed by atoms with Gasteiger partial charge in [0.15, 0.2) is 11.5 Å². The summed E-state index contributed by atoms with van der Waals surface area (Å²) >= 11 is 3.59. The number of hydrazone groups is 1. The number of nitrogens with one attached hydrogen (secondary N) is 2. The Morgan fingerprint density at radius 3 is 2.50 bits per heavy atom. The lowest BCUT2D eigenvalue weighted by molar-refractivity contribution is 0.122. The highest BCUT2D eigenvalue weighted by molar-refractivity contribution is 9.10. The Labute approximate surface area is 206 Å². The van der Waals surface area contributed by atoms with E-state index in [2.05, 4.69) is 51.6 Å². The topological polar surface area (TPSA) is 106 Å². The molecule has 0 atom stereocenters. The smallest absolute Gasteiger partial charge is 0.250 e. The zero-order valence-electron chi connectivity index (χ0n) is 19.2. The molecule has 0 radical (unpaired) electrons. The molecule has 11 heteroatoms. The van der Waals surface area contributed by atoms with Gasteiger partial charge < -0.3 is 24.4 Å². The lowest BCUT2D eigenvalue weighted by Gasteiger charge is -2.27. The Morgan fingerprint density at radius 1 is 1.00 bits per heavy atom. The summed E-state index contributed by atoms with van der Waals surface area (Å²) in [4.78, 5) is 15.7. The quantitative estimate of drug-likeness (QED) is 0.332. The van der Waals surface area contributed by atoms with Crippen LogP contribution >= 0.6 is 15.9 Å². The summed E-state index contributed by atoms with van der Waals surface area (Å²) in [5.41, 5.74) is 5.74. The fourth-order valence-corrected chi connectivity index (χ4v) is 3.91. The van der Waals surface area contributed by atoms with Gasteiger partial charge in [-0.05, 0) is 64.3 Å². The molecule has 10 nitrogen and oxygen atoms in total. The highest BCUT2D eigenvalue weighted by Gasteiger charge is 2.17. The van der Waals surface area contributed by atoms with Crippen LogP contribution in [0.2, 0.25) is 0 Å². The first kappa shape index (κ1) is 23.7. The van der Waals surface area contributed by atoms with Gasteiger partial charge in [0.2, 0.25) is 17.8 Å². The number of ether oxygens (including phenoxy) is 3. The minimum atomic E-state index is 0.318. The fraction of sp³-hybridized carbons (Fsp3) is 0.304. The second-order valence-corrected chi connectivity index (χ2v) is 8.33. The standard InChI is InChI=1S/C23H26BrN7O3/c1-15-4-6-18(17(24)12-15)26-21-27-22(29-23(28-21)31-8-10-34-11-9-31)30-25-14-16-5-7-19(32-2)20(13-16)33-3/h4-7,12-14H,8-11H2,1-3H3,(H2,26,27,28,29,30)/b25-14-. The third kappa shape index (κ3) is 5.91. The van der Waals surface area contributed by atoms with Crippen molar-refractivity contribution in [3.8, 4) is 11.5 Å². The van der Waals surface area contributed by atoms with Gasteiger partial charge in [-0.25, -0.2) is 5.43 Å². The van der Waals surface area contributed by atoms with Gasteiger partial charge in [0.25, 0.3) is 0 Å². The van der Waals surface area contributed by atoms with Gasteiger partial charge in [-0.3, -0.25) is 0 Å². The van der Waals surface area contributed by atoms with Crippen molar-refractivity contribution in [2.24, 2.45) is 5.10 Å². The number of anilines is 4. The van der Waals surface area contributed by atoms with E-state index in [0.717, 1.165) is 21.3 Å². The number of benzene rings is 2. The van der Waals surface area contributed by atoms with Crippen molar-refractivity contribution in [2.75, 3.05) is 56.2 Å². The zero-order valence-corrected chi connectivity index (χ0v) is 20.8. The molecule has 178 valence electrons. The number of hydrogen-bond acceptors (Lipinski definition) is 10. The molecule has 2 aromatic carbocycles. The molecule has 1 aromatic heterocycles. The van der Waals surface area contributed by atoms with Crippen LogP contribution in [0.25, 0.3) is 0 Å². The highest BCUT2D eigenvalue weighted by Crippen LogP contribution is 2.28. The van der Waals surface area contributed by atoms with Crippen molar-refractivity contribution >= 4 is 45.7 Å². The second kappa shape index (κ2) is 11.1. The summed E-state index contributed by atoms with van der Waals surface area (Å²) in [7, 11) is 3.19. The molecule has 1 saturated heterocycles. The summed E-state index contributed by atoms with van der Waals surface area (Å²) in [6, 6.07) is 11.5. The number of methoxy groups -OCH3 is 2. The van der Waals surface area contributed by atoms with E-state index in [-0.39, 0.29) is 0 Å². The monoisotopic (exact) mass is 527 g/mol. The molecule has 1 fully saturated rings. The van der Waals surface area contributed by atoms with Crippen molar-refractivity contribution in [3.05, 3.63) is 52.0 Å². The molecule has 1 aliphatic rings. The molecule has 0 spiro atoms. The molecule has 3 aromatic rings. The summed E-state index contributed by atoms with van der Waals surface area (Å²) in [5, 5.41) is 7.57. The Bertz CT molecular complexity index is 1170. The van der Waals surface area contributed by atoms with Gasteiger partial charge in [0.1, 0.15) is 0 Å². The summed E-state index contributed by atoms with van der Waals surface area (Å²) in [5.74, 6) is 2.55. The van der Waals surface area contributed by atoms with Gasteiger partial charge in [0, 0.05) is 17.6 Å². The number of halogens is 1. The second-order valence-electron chi connectivity index (χ2n) is 7.47. The summed E-state index contributed by atoms with van der Waals surface area (Å²) in [6.45, 7) is 4.68. The van der Waals surface area contributed by atoms with Gasteiger partial charge in [0.05, 0.1) is 39.3 Å². The van der Waals surface area contributed by atoms with Crippen LogP contribution in [0.3, 0.4) is 0 Å². The van der Waals surface area contributed by atoms with Crippen LogP contribution in [0.1, 0.15) is 11.1 Å². The maximum absolute atomic E-state index is 5.46. The van der Waals surface area contributed by atoms with E-state index in [1.54, 1.807) is 20.4 Å². The van der Waals surface area contributed by atoms with E-state index in [1.807, 2.05) is 43.3 Å². The van der Waals surface area contributed by atoms with Gasteiger partial charge >= 0.3 is 0 Å². The Kier molecular flexibility index (Phi) is 7.76. The number of nitrogens with zero attached hydrogens (tertiary/aromatic N) is 5. The number of hydrogen-bond donors (Lipinski definition) is 2. The lowest BCUT2D eigenvalue weighted by Crippen LogP contribution is -2.37. The largest absolute Gasteiger partial charge is 0.493 e. The molecule has 0 bridgehead atoms. The summed E-state index contributed by atoms with van der Waals surface area (Å²) in [6.07, 6.45) is 1.66. The minimum Gasteiger partial charge on any atom is -0.493 e. The van der Waals surface area contributed by atoms with E-state index in [1.165, 1.54) is 0 Å². The van der Waals surface area contributed by atoms with Crippen LogP contribution in [0.4, 0.5) is 23.5 Å². The van der Waals surface area contributed by atoms with E-state index < -0.39 is 0 Å². The zero-order chi connectivity index (χ0) is 23.9. The average molecular weight is 528 g/mol. The van der Waals surface area contributed by atoms with Gasteiger partial charge in [-0.2, -0.15) is 20.1 Å². The third-order valence-corrected chi connectivity index (χ3v) is 5.73. The van der Waals surface area contributed by atoms with Gasteiger partial charge in [-0.1, -0.05) is 6.07 Å². The fourth-order valence-electron chi connectivity index (χ4n) is 3.32. The molecule has 2 heterocycles. The molecule has 0 unspecified atom stereocenters. The minimum absolute atomic E-state index is 0.318. The average Bonchev–Trinajstić information content (AvgIpc) is 2.86. The van der Waals surface area contributed by atoms with Crippen LogP contribution in [-0.2, 0) is 4.74 Å². The van der Waals surface area contributed by atoms with Crippen molar-refractivity contribution < 1.29 is 14.2 Å². The Balaban J connectivity index is 1.57. The van der Waals surface area contributed by atoms with Crippen LogP contribution in [0, 0.1) is 6.92 Å². The highest BCUT2D eigenvalue weighted by atomic mass is 79.9. The number of aromatic nitrogens is 3. The first-order valence-electron chi connectivity index (χ1n) is 10.7. The summed E-state index contributed by atoms with van der Waals surface area (Å²) < 4.78 is 17.0. The predicted molar refractivity (Wildman–Crippen MR) is 136 cm³/mol. The normalized spacial score (nSPS) is 13.7. The molecular formula is C23H26BrN7O3.